The quantitative estimate of drug-likeness (QED) is 0.827. The monoisotopic (exact) mass is 342 g/mol. The summed E-state index contributed by atoms with van der Waals surface area (Å²) < 4.78 is 13.6. The van der Waals surface area contributed by atoms with Gasteiger partial charge < -0.3 is 5.32 Å². The van der Waals surface area contributed by atoms with Crippen LogP contribution in [0, 0.1) is 5.82 Å². The minimum atomic E-state index is -0.764. The molecule has 0 radical (unpaired) electrons. The van der Waals surface area contributed by atoms with E-state index in [1.807, 2.05) is 0 Å². The van der Waals surface area contributed by atoms with E-state index in [2.05, 4.69) is 21.2 Å². The molecule has 1 aliphatic rings. The smallest absolute Gasteiger partial charge is 0.253 e. The topological polar surface area (TPSA) is 66.5 Å². The molecule has 0 aliphatic carbocycles. The Balaban J connectivity index is 2.14. The fourth-order valence-corrected chi connectivity index (χ4v) is 2.38. The van der Waals surface area contributed by atoms with E-state index < -0.39 is 23.7 Å². The number of carbonyl (C=O) groups excluding carboxylic acids is 3. The highest BCUT2D eigenvalue weighted by molar-refractivity contribution is 9.10. The Labute approximate surface area is 123 Å². The van der Waals surface area contributed by atoms with Crippen LogP contribution in [0.2, 0.25) is 0 Å². The Morgan fingerprint density at radius 2 is 2.15 bits per heavy atom. The molecule has 3 amide bonds. The number of likely N-dealkylation sites (tertiary alicyclic amines) is 1. The van der Waals surface area contributed by atoms with Gasteiger partial charge in [0.2, 0.25) is 5.91 Å². The van der Waals surface area contributed by atoms with Gasteiger partial charge in [0.1, 0.15) is 11.9 Å². The molecule has 20 heavy (non-hydrogen) atoms. The highest BCUT2D eigenvalue weighted by Gasteiger charge is 2.33. The Morgan fingerprint density at radius 1 is 1.45 bits per heavy atom. The zero-order valence-electron chi connectivity index (χ0n) is 10.7. The number of hydrogen-bond donors (Lipinski definition) is 1. The number of nitrogens with one attached hydrogen (secondary N) is 1. The molecule has 0 aromatic heterocycles. The molecule has 1 aromatic rings. The van der Waals surface area contributed by atoms with Crippen LogP contribution < -0.4 is 5.32 Å². The average molecular weight is 343 g/mol. The Kier molecular flexibility index (Phi) is 4.17. The first kappa shape index (κ1) is 14.6. The minimum Gasteiger partial charge on any atom is -0.340 e. The highest BCUT2D eigenvalue weighted by Crippen LogP contribution is 2.19. The van der Waals surface area contributed by atoms with Crippen LogP contribution in [0.3, 0.4) is 0 Å². The van der Waals surface area contributed by atoms with Gasteiger partial charge >= 0.3 is 0 Å². The van der Waals surface area contributed by atoms with Gasteiger partial charge in [-0.25, -0.2) is 4.39 Å². The summed E-state index contributed by atoms with van der Waals surface area (Å²) in [4.78, 5) is 36.3. The minimum absolute atomic E-state index is 0.109. The molecule has 0 saturated carbocycles. The van der Waals surface area contributed by atoms with Crippen LogP contribution in [0.4, 0.5) is 4.39 Å². The van der Waals surface area contributed by atoms with E-state index in [4.69, 9.17) is 0 Å². The van der Waals surface area contributed by atoms with Crippen LogP contribution in [0.5, 0.6) is 0 Å². The maximum atomic E-state index is 13.2. The van der Waals surface area contributed by atoms with Crippen molar-refractivity contribution in [3.8, 4) is 0 Å². The van der Waals surface area contributed by atoms with Gasteiger partial charge in [-0.1, -0.05) is 0 Å². The third-order valence-corrected chi connectivity index (χ3v) is 3.82. The molecule has 1 unspecified atom stereocenters. The maximum Gasteiger partial charge on any atom is 0.253 e. The summed E-state index contributed by atoms with van der Waals surface area (Å²) in [7, 11) is 1.38. The van der Waals surface area contributed by atoms with Gasteiger partial charge in [0.15, 0.2) is 0 Å². The zero-order chi connectivity index (χ0) is 14.9. The van der Waals surface area contributed by atoms with Crippen molar-refractivity contribution in [3.63, 3.8) is 0 Å². The molecule has 1 aromatic carbocycles. The summed E-state index contributed by atoms with van der Waals surface area (Å²) in [5.41, 5.74) is 0.109. The van der Waals surface area contributed by atoms with Gasteiger partial charge in [0, 0.05) is 17.9 Å². The van der Waals surface area contributed by atoms with Gasteiger partial charge in [-0.15, -0.1) is 0 Å². The van der Waals surface area contributed by atoms with Crippen molar-refractivity contribution in [2.24, 2.45) is 0 Å². The molecule has 1 N–H and O–H groups in total. The molecule has 2 rings (SSSR count). The van der Waals surface area contributed by atoms with Crippen LogP contribution in [-0.2, 0) is 9.59 Å². The fraction of sp³-hybridized carbons (Fsp3) is 0.308. The normalized spacial score (nSPS) is 19.1. The van der Waals surface area contributed by atoms with Crippen molar-refractivity contribution in [2.75, 3.05) is 7.05 Å². The number of carbonyl (C=O) groups is 3. The summed E-state index contributed by atoms with van der Waals surface area (Å²) in [6, 6.07) is 2.96. The van der Waals surface area contributed by atoms with Gasteiger partial charge in [-0.05, 0) is 40.5 Å². The second kappa shape index (κ2) is 5.70. The van der Waals surface area contributed by atoms with Crippen molar-refractivity contribution in [1.82, 2.24) is 10.2 Å². The molecular formula is C13H12BrFN2O3. The highest BCUT2D eigenvalue weighted by atomic mass is 79.9. The van der Waals surface area contributed by atoms with Crippen molar-refractivity contribution in [1.29, 1.82) is 0 Å². The standard InChI is InChI=1S/C13H12BrFN2O3/c1-17-11(18)5-4-10(13(17)20)16-12(19)8-6-7(15)2-3-9(8)14/h2-3,6,10H,4-5H2,1H3,(H,16,19). The van der Waals surface area contributed by atoms with E-state index in [1.54, 1.807) is 0 Å². The summed E-state index contributed by atoms with van der Waals surface area (Å²) in [6.45, 7) is 0. The summed E-state index contributed by atoms with van der Waals surface area (Å²) >= 11 is 3.16. The number of nitrogens with zero attached hydrogens (tertiary/aromatic N) is 1. The third-order valence-electron chi connectivity index (χ3n) is 3.13. The molecule has 106 valence electrons. The molecule has 1 atom stereocenters. The average Bonchev–Trinajstić information content (AvgIpc) is 2.42. The zero-order valence-corrected chi connectivity index (χ0v) is 12.2. The predicted molar refractivity (Wildman–Crippen MR) is 72.4 cm³/mol. The molecule has 1 fully saturated rings. The second-order valence-electron chi connectivity index (χ2n) is 4.48. The van der Waals surface area contributed by atoms with Gasteiger partial charge in [-0.2, -0.15) is 0 Å². The fourth-order valence-electron chi connectivity index (χ4n) is 1.96. The van der Waals surface area contributed by atoms with E-state index in [9.17, 15) is 18.8 Å². The van der Waals surface area contributed by atoms with Crippen molar-refractivity contribution < 1.29 is 18.8 Å². The van der Waals surface area contributed by atoms with E-state index in [-0.39, 0.29) is 24.3 Å². The van der Waals surface area contributed by atoms with Crippen molar-refractivity contribution >= 4 is 33.7 Å². The molecule has 7 heteroatoms. The van der Waals surface area contributed by atoms with Crippen LogP contribution in [-0.4, -0.2) is 35.7 Å². The lowest BCUT2D eigenvalue weighted by atomic mass is 10.0. The lowest BCUT2D eigenvalue weighted by Gasteiger charge is -2.28. The Hall–Kier alpha value is -1.76. The number of halogens is 2. The number of imide groups is 1. The van der Waals surface area contributed by atoms with Crippen molar-refractivity contribution in [3.05, 3.63) is 34.1 Å². The largest absolute Gasteiger partial charge is 0.340 e. The van der Waals surface area contributed by atoms with Crippen LogP contribution in [0.15, 0.2) is 22.7 Å². The number of amides is 3. The van der Waals surface area contributed by atoms with E-state index in [0.717, 1.165) is 11.0 Å². The van der Waals surface area contributed by atoms with Crippen LogP contribution in [0.25, 0.3) is 0 Å². The number of likely N-dealkylation sites (N-methyl/N-ethyl adjacent to an activating group) is 1. The number of hydrogen-bond acceptors (Lipinski definition) is 3. The van der Waals surface area contributed by atoms with E-state index in [0.29, 0.717) is 4.47 Å². The molecule has 1 saturated heterocycles. The lowest BCUT2D eigenvalue weighted by Crippen LogP contribution is -2.52. The summed E-state index contributed by atoms with van der Waals surface area (Å²) in [5, 5.41) is 2.52. The molecule has 1 heterocycles. The lowest BCUT2D eigenvalue weighted by molar-refractivity contribution is -0.147. The van der Waals surface area contributed by atoms with Crippen molar-refractivity contribution in [2.45, 2.75) is 18.9 Å². The van der Waals surface area contributed by atoms with Gasteiger partial charge in [-0.3, -0.25) is 19.3 Å². The first-order valence-electron chi connectivity index (χ1n) is 5.96. The number of benzene rings is 1. The first-order chi connectivity index (χ1) is 9.40. The number of piperidine rings is 1. The van der Waals surface area contributed by atoms with E-state index >= 15 is 0 Å². The SMILES string of the molecule is CN1C(=O)CCC(NC(=O)c2cc(F)ccc2Br)C1=O. The van der Waals surface area contributed by atoms with Crippen LogP contribution >= 0.6 is 15.9 Å². The molecule has 1 aliphatic heterocycles. The summed E-state index contributed by atoms with van der Waals surface area (Å²) in [5.74, 6) is -1.83. The third kappa shape index (κ3) is 2.87. The van der Waals surface area contributed by atoms with E-state index in [1.165, 1.54) is 19.2 Å². The predicted octanol–water partition coefficient (Wildman–Crippen LogP) is 1.47. The Morgan fingerprint density at radius 3 is 2.85 bits per heavy atom. The Bertz CT molecular complexity index is 591. The maximum absolute atomic E-state index is 13.2. The molecular weight excluding hydrogens is 331 g/mol. The molecule has 0 bridgehead atoms. The summed E-state index contributed by atoms with van der Waals surface area (Å²) in [6.07, 6.45) is 0.443. The molecule has 0 spiro atoms. The molecule has 5 nitrogen and oxygen atoms in total. The first-order valence-corrected chi connectivity index (χ1v) is 6.75. The number of rotatable bonds is 2. The van der Waals surface area contributed by atoms with Gasteiger partial charge in [0.05, 0.1) is 5.56 Å². The second-order valence-corrected chi connectivity index (χ2v) is 5.33. The van der Waals surface area contributed by atoms with Crippen LogP contribution in [0.1, 0.15) is 23.2 Å². The van der Waals surface area contributed by atoms with Gasteiger partial charge in [0.25, 0.3) is 11.8 Å².